The highest BCUT2D eigenvalue weighted by molar-refractivity contribution is 7.91. The van der Waals surface area contributed by atoms with E-state index in [2.05, 4.69) is 0 Å². The Balaban J connectivity index is 2.44. The van der Waals surface area contributed by atoms with Crippen molar-refractivity contribution in [2.45, 2.75) is 11.2 Å². The lowest BCUT2D eigenvalue weighted by Crippen LogP contribution is -2.28. The van der Waals surface area contributed by atoms with Crippen LogP contribution in [-0.4, -0.2) is 40.2 Å². The van der Waals surface area contributed by atoms with Gasteiger partial charge in [0.05, 0.1) is 11.9 Å². The molecule has 106 valence electrons. The molecule has 0 spiro atoms. The van der Waals surface area contributed by atoms with Gasteiger partial charge in [0, 0.05) is 36.3 Å². The second-order valence-corrected chi connectivity index (χ2v) is 7.76. The molecule has 0 heterocycles. The molecule has 6 heteroatoms. The predicted molar refractivity (Wildman–Crippen MR) is 76.2 cm³/mol. The molecule has 1 fully saturated rings. The van der Waals surface area contributed by atoms with Gasteiger partial charge in [-0.05, 0) is 17.7 Å². The zero-order chi connectivity index (χ0) is 14.3. The van der Waals surface area contributed by atoms with Gasteiger partial charge in [0.1, 0.15) is 0 Å². The van der Waals surface area contributed by atoms with Gasteiger partial charge in [-0.3, -0.25) is 0 Å². The average molecular weight is 304 g/mol. The molecule has 0 saturated heterocycles. The summed E-state index contributed by atoms with van der Waals surface area (Å²) >= 11 is 5.98. The van der Waals surface area contributed by atoms with Crippen LogP contribution in [0.4, 0.5) is 0 Å². The van der Waals surface area contributed by atoms with E-state index < -0.39 is 20.5 Å². The quantitative estimate of drug-likeness (QED) is 0.893. The normalized spacial score (nSPS) is 30.3. The van der Waals surface area contributed by atoms with Gasteiger partial charge in [-0.15, -0.1) is 0 Å². The minimum Gasteiger partial charge on any atom is -0.384 e. The second-order valence-electron chi connectivity index (χ2n) is 5.15. The molecule has 1 aromatic rings. The number of rotatable bonds is 5. The van der Waals surface area contributed by atoms with Crippen molar-refractivity contribution >= 4 is 21.4 Å². The molecule has 0 bridgehead atoms. The van der Waals surface area contributed by atoms with Crippen LogP contribution in [0.5, 0.6) is 0 Å². The third kappa shape index (κ3) is 2.52. The molecule has 0 amide bonds. The first-order valence-electron chi connectivity index (χ1n) is 6.00. The standard InChI is InChI=1S/C13H18ClNO3S/c1-18-8-13(7-15)11(12(13)19(2,16)17)9-4-3-5-10(14)6-9/h3-6,11-12H,7-8,15H2,1-2H3/t11-,12-,13-/m1/s1. The van der Waals surface area contributed by atoms with Gasteiger partial charge in [0.15, 0.2) is 9.84 Å². The number of sulfone groups is 1. The molecule has 0 radical (unpaired) electrons. The summed E-state index contributed by atoms with van der Waals surface area (Å²) < 4.78 is 29.1. The Morgan fingerprint density at radius 2 is 2.16 bits per heavy atom. The lowest BCUT2D eigenvalue weighted by molar-refractivity contribution is 0.142. The first kappa shape index (κ1) is 14.8. The Kier molecular flexibility index (Phi) is 3.93. The molecule has 0 aliphatic heterocycles. The van der Waals surface area contributed by atoms with Crippen LogP contribution >= 0.6 is 11.6 Å². The predicted octanol–water partition coefficient (Wildman–Crippen LogP) is 1.44. The Morgan fingerprint density at radius 3 is 2.63 bits per heavy atom. The molecular weight excluding hydrogens is 286 g/mol. The summed E-state index contributed by atoms with van der Waals surface area (Å²) in [4.78, 5) is 0. The fourth-order valence-corrected chi connectivity index (χ4v) is 5.28. The third-order valence-corrected chi connectivity index (χ3v) is 5.74. The van der Waals surface area contributed by atoms with Crippen LogP contribution in [0.15, 0.2) is 24.3 Å². The van der Waals surface area contributed by atoms with Gasteiger partial charge in [0.2, 0.25) is 0 Å². The maximum Gasteiger partial charge on any atom is 0.151 e. The maximum atomic E-state index is 12.0. The van der Waals surface area contributed by atoms with E-state index in [9.17, 15) is 8.42 Å². The van der Waals surface area contributed by atoms with Crippen LogP contribution in [0.2, 0.25) is 5.02 Å². The van der Waals surface area contributed by atoms with Gasteiger partial charge < -0.3 is 10.5 Å². The summed E-state index contributed by atoms with van der Waals surface area (Å²) in [6, 6.07) is 7.28. The van der Waals surface area contributed by atoms with Crippen molar-refractivity contribution in [3.05, 3.63) is 34.9 Å². The summed E-state index contributed by atoms with van der Waals surface area (Å²) in [5.74, 6) is -0.147. The molecule has 1 aliphatic carbocycles. The Hall–Kier alpha value is -0.620. The highest BCUT2D eigenvalue weighted by Crippen LogP contribution is 2.62. The third-order valence-electron chi connectivity index (χ3n) is 3.84. The fraction of sp³-hybridized carbons (Fsp3) is 0.538. The van der Waals surface area contributed by atoms with Crippen LogP contribution in [0.25, 0.3) is 0 Å². The van der Waals surface area contributed by atoms with Gasteiger partial charge in [0.25, 0.3) is 0 Å². The number of benzene rings is 1. The van der Waals surface area contributed by atoms with Gasteiger partial charge in [-0.25, -0.2) is 8.42 Å². The average Bonchev–Trinajstić information content (AvgIpc) is 2.99. The van der Waals surface area contributed by atoms with Crippen LogP contribution in [0.1, 0.15) is 11.5 Å². The zero-order valence-electron chi connectivity index (χ0n) is 11.0. The van der Waals surface area contributed by atoms with E-state index in [4.69, 9.17) is 22.1 Å². The van der Waals surface area contributed by atoms with E-state index in [-0.39, 0.29) is 12.5 Å². The summed E-state index contributed by atoms with van der Waals surface area (Å²) in [5, 5.41) is 0.100. The van der Waals surface area contributed by atoms with Crippen LogP contribution < -0.4 is 5.73 Å². The number of ether oxygens (including phenoxy) is 1. The lowest BCUT2D eigenvalue weighted by Gasteiger charge is -2.14. The number of nitrogens with two attached hydrogens (primary N) is 1. The van der Waals surface area contributed by atoms with Crippen LogP contribution in [0.3, 0.4) is 0 Å². The summed E-state index contributed by atoms with van der Waals surface area (Å²) in [5.41, 5.74) is 6.20. The summed E-state index contributed by atoms with van der Waals surface area (Å²) in [6.07, 6.45) is 1.25. The molecule has 0 aromatic heterocycles. The molecule has 19 heavy (non-hydrogen) atoms. The van der Waals surface area contributed by atoms with E-state index in [1.165, 1.54) is 6.26 Å². The molecular formula is C13H18ClNO3S. The van der Waals surface area contributed by atoms with Gasteiger partial charge in [-0.1, -0.05) is 23.7 Å². The van der Waals surface area contributed by atoms with Crippen LogP contribution in [-0.2, 0) is 14.6 Å². The van der Waals surface area contributed by atoms with E-state index in [0.717, 1.165) is 5.56 Å². The van der Waals surface area contributed by atoms with E-state index in [0.29, 0.717) is 11.6 Å². The Labute approximate surface area is 118 Å². The molecule has 1 saturated carbocycles. The molecule has 4 nitrogen and oxygen atoms in total. The van der Waals surface area contributed by atoms with Crippen molar-refractivity contribution in [2.24, 2.45) is 11.1 Å². The fourth-order valence-electron chi connectivity index (χ4n) is 3.08. The largest absolute Gasteiger partial charge is 0.384 e. The molecule has 2 N–H and O–H groups in total. The first-order valence-corrected chi connectivity index (χ1v) is 8.33. The van der Waals surface area contributed by atoms with Crippen molar-refractivity contribution in [3.63, 3.8) is 0 Å². The topological polar surface area (TPSA) is 69.4 Å². The SMILES string of the molecule is COC[C@]1(CN)[C@H](c2cccc(Cl)c2)[C@H]1S(C)(=O)=O. The zero-order valence-corrected chi connectivity index (χ0v) is 12.5. The van der Waals surface area contributed by atoms with Crippen molar-refractivity contribution in [1.29, 1.82) is 0 Å². The van der Waals surface area contributed by atoms with Crippen molar-refractivity contribution < 1.29 is 13.2 Å². The van der Waals surface area contributed by atoms with E-state index in [1.807, 2.05) is 12.1 Å². The van der Waals surface area contributed by atoms with Gasteiger partial charge in [-0.2, -0.15) is 0 Å². The summed E-state index contributed by atoms with van der Waals surface area (Å²) in [7, 11) is -1.63. The molecule has 3 atom stereocenters. The molecule has 1 aromatic carbocycles. The number of hydrogen-bond donors (Lipinski definition) is 1. The molecule has 2 rings (SSSR count). The van der Waals surface area contributed by atoms with Crippen molar-refractivity contribution in [1.82, 2.24) is 0 Å². The monoisotopic (exact) mass is 303 g/mol. The van der Waals surface area contributed by atoms with Crippen molar-refractivity contribution in [3.8, 4) is 0 Å². The molecule has 1 aliphatic rings. The maximum absolute atomic E-state index is 12.0. The first-order chi connectivity index (χ1) is 8.86. The van der Waals surface area contributed by atoms with Crippen molar-refractivity contribution in [2.75, 3.05) is 26.5 Å². The van der Waals surface area contributed by atoms with Crippen LogP contribution in [0, 0.1) is 5.41 Å². The summed E-state index contributed by atoms with van der Waals surface area (Å²) in [6.45, 7) is 0.605. The highest BCUT2D eigenvalue weighted by Gasteiger charge is 2.69. The highest BCUT2D eigenvalue weighted by atomic mass is 35.5. The van der Waals surface area contributed by atoms with E-state index >= 15 is 0 Å². The minimum atomic E-state index is -3.18. The van der Waals surface area contributed by atoms with E-state index in [1.54, 1.807) is 19.2 Å². The molecule has 0 unspecified atom stereocenters. The van der Waals surface area contributed by atoms with Gasteiger partial charge >= 0.3 is 0 Å². The number of halogens is 1. The lowest BCUT2D eigenvalue weighted by atomic mass is 10.00. The Morgan fingerprint density at radius 1 is 1.47 bits per heavy atom. The number of methoxy groups -OCH3 is 1. The minimum absolute atomic E-state index is 0.147. The number of hydrogen-bond acceptors (Lipinski definition) is 4. The second kappa shape index (κ2) is 5.05. The Bertz CT molecular complexity index is 575. The smallest absolute Gasteiger partial charge is 0.151 e.